The van der Waals surface area contributed by atoms with Gasteiger partial charge in [-0.3, -0.25) is 4.79 Å². The fraction of sp³-hybridized carbons (Fsp3) is 0.826. The van der Waals surface area contributed by atoms with Crippen molar-refractivity contribution in [2.24, 2.45) is 45.4 Å². The molecular formula is C23H36N2O2. The molecule has 0 amide bonds. The predicted octanol–water partition coefficient (Wildman–Crippen LogP) is 4.83. The lowest BCUT2D eigenvalue weighted by Crippen LogP contribution is -2.51. The summed E-state index contributed by atoms with van der Waals surface area (Å²) < 4.78 is 5.55. The highest BCUT2D eigenvalue weighted by Crippen LogP contribution is 2.66. The summed E-state index contributed by atoms with van der Waals surface area (Å²) in [5, 5.41) is 4.09. The summed E-state index contributed by atoms with van der Waals surface area (Å²) in [4.78, 5) is 11.4. The molecule has 0 saturated heterocycles. The molecule has 0 aromatic rings. The van der Waals surface area contributed by atoms with Crippen LogP contribution in [0.3, 0.4) is 0 Å². The Kier molecular flexibility index (Phi) is 4.67. The van der Waals surface area contributed by atoms with E-state index in [1.54, 1.807) is 5.57 Å². The molecule has 7 atom stereocenters. The molecule has 27 heavy (non-hydrogen) atoms. The summed E-state index contributed by atoms with van der Waals surface area (Å²) in [7, 11) is 0. The number of nitrogens with zero attached hydrogens (tertiary/aromatic N) is 1. The van der Waals surface area contributed by atoms with Crippen LogP contribution in [0.15, 0.2) is 16.8 Å². The second-order valence-electron chi connectivity index (χ2n) is 10.2. The SMILES string of the molecule is CC(=O)O[C@H]1CC[C@@]2(C)C(=CCC3C2CC[C@@]2(C)C3CC[C@@H]2C(C)=NN)C1. The van der Waals surface area contributed by atoms with Gasteiger partial charge in [0.05, 0.1) is 0 Å². The van der Waals surface area contributed by atoms with Crippen LogP contribution < -0.4 is 5.84 Å². The highest BCUT2D eigenvalue weighted by molar-refractivity contribution is 5.85. The number of esters is 1. The zero-order chi connectivity index (χ0) is 19.4. The quantitative estimate of drug-likeness (QED) is 0.248. The van der Waals surface area contributed by atoms with Crippen LogP contribution in [0.25, 0.3) is 0 Å². The van der Waals surface area contributed by atoms with Crippen molar-refractivity contribution in [3.8, 4) is 0 Å². The van der Waals surface area contributed by atoms with Gasteiger partial charge in [0.25, 0.3) is 0 Å². The molecule has 3 fully saturated rings. The van der Waals surface area contributed by atoms with Crippen LogP contribution in [0.5, 0.6) is 0 Å². The normalized spacial score (nSPS) is 46.7. The maximum atomic E-state index is 11.4. The van der Waals surface area contributed by atoms with E-state index < -0.39 is 0 Å². The maximum Gasteiger partial charge on any atom is 0.302 e. The number of nitrogens with two attached hydrogens (primary N) is 1. The van der Waals surface area contributed by atoms with Crippen molar-refractivity contribution in [1.29, 1.82) is 0 Å². The number of hydrogen-bond acceptors (Lipinski definition) is 4. The predicted molar refractivity (Wildman–Crippen MR) is 108 cm³/mol. The van der Waals surface area contributed by atoms with E-state index in [4.69, 9.17) is 10.6 Å². The Morgan fingerprint density at radius 3 is 2.63 bits per heavy atom. The topological polar surface area (TPSA) is 64.7 Å². The Morgan fingerprint density at radius 1 is 1.15 bits per heavy atom. The lowest BCUT2D eigenvalue weighted by atomic mass is 9.47. The van der Waals surface area contributed by atoms with Gasteiger partial charge in [-0.25, -0.2) is 0 Å². The molecule has 4 aliphatic rings. The number of rotatable bonds is 2. The average molecular weight is 373 g/mol. The van der Waals surface area contributed by atoms with Gasteiger partial charge in [0.2, 0.25) is 0 Å². The van der Waals surface area contributed by atoms with Gasteiger partial charge in [0, 0.05) is 25.0 Å². The Balaban J connectivity index is 1.58. The van der Waals surface area contributed by atoms with Crippen LogP contribution >= 0.6 is 0 Å². The highest BCUT2D eigenvalue weighted by atomic mass is 16.5. The molecule has 150 valence electrons. The summed E-state index contributed by atoms with van der Waals surface area (Å²) in [6.07, 6.45) is 12.1. The number of carbonyl (C=O) groups excluding carboxylic acids is 1. The van der Waals surface area contributed by atoms with E-state index in [-0.39, 0.29) is 12.1 Å². The molecule has 0 bridgehead atoms. The van der Waals surface area contributed by atoms with Gasteiger partial charge in [-0.2, -0.15) is 5.10 Å². The van der Waals surface area contributed by atoms with Crippen molar-refractivity contribution >= 4 is 11.7 Å². The minimum absolute atomic E-state index is 0.0894. The van der Waals surface area contributed by atoms with Crippen LogP contribution in [0.1, 0.15) is 79.1 Å². The molecule has 4 nitrogen and oxygen atoms in total. The number of hydrogen-bond donors (Lipinski definition) is 1. The Labute approximate surface area is 164 Å². The smallest absolute Gasteiger partial charge is 0.302 e. The third kappa shape index (κ3) is 2.86. The summed E-state index contributed by atoms with van der Waals surface area (Å²) in [6.45, 7) is 8.67. The standard InChI is InChI=1S/C23H36N2O2/c1-14(25-24)19-7-8-20-18-6-5-16-13-17(27-15(2)26)9-11-22(16,3)21(18)10-12-23(19,20)4/h5,17-21H,6-13,24H2,1-4H3/t17-,18?,19+,20?,21?,22-,23+/m0/s1. The molecule has 4 aliphatic carbocycles. The summed E-state index contributed by atoms with van der Waals surface area (Å²) in [6, 6.07) is 0. The number of fused-ring (bicyclic) bond motifs is 5. The summed E-state index contributed by atoms with van der Waals surface area (Å²) in [5.74, 6) is 8.45. The molecular weight excluding hydrogens is 336 g/mol. The van der Waals surface area contributed by atoms with E-state index >= 15 is 0 Å². The fourth-order valence-corrected chi connectivity index (χ4v) is 7.74. The van der Waals surface area contributed by atoms with Crippen molar-refractivity contribution in [2.45, 2.75) is 85.2 Å². The van der Waals surface area contributed by atoms with Gasteiger partial charge in [0.1, 0.15) is 6.10 Å². The van der Waals surface area contributed by atoms with Crippen molar-refractivity contribution in [3.05, 3.63) is 11.6 Å². The minimum atomic E-state index is -0.139. The van der Waals surface area contributed by atoms with Gasteiger partial charge >= 0.3 is 5.97 Å². The second kappa shape index (κ2) is 6.63. The van der Waals surface area contributed by atoms with Crippen LogP contribution in [-0.2, 0) is 9.53 Å². The van der Waals surface area contributed by atoms with Crippen LogP contribution in [0, 0.1) is 34.5 Å². The largest absolute Gasteiger partial charge is 0.462 e. The first-order valence-corrected chi connectivity index (χ1v) is 10.9. The van der Waals surface area contributed by atoms with Gasteiger partial charge < -0.3 is 10.6 Å². The summed E-state index contributed by atoms with van der Waals surface area (Å²) in [5.41, 5.74) is 3.39. The lowest BCUT2D eigenvalue weighted by Gasteiger charge is -2.58. The maximum absolute atomic E-state index is 11.4. The molecule has 3 saturated carbocycles. The minimum Gasteiger partial charge on any atom is -0.462 e. The third-order valence-electron chi connectivity index (χ3n) is 9.10. The van der Waals surface area contributed by atoms with Crippen LogP contribution in [0.2, 0.25) is 0 Å². The molecule has 0 aromatic carbocycles. The van der Waals surface area contributed by atoms with Gasteiger partial charge in [-0.05, 0) is 80.5 Å². The number of carbonyl (C=O) groups is 1. The first-order chi connectivity index (χ1) is 12.8. The molecule has 4 heteroatoms. The first kappa shape index (κ1) is 19.0. The van der Waals surface area contributed by atoms with Crippen molar-refractivity contribution in [2.75, 3.05) is 0 Å². The molecule has 0 aromatic heterocycles. The lowest BCUT2D eigenvalue weighted by molar-refractivity contribution is -0.148. The number of allylic oxidation sites excluding steroid dienone is 1. The average Bonchev–Trinajstić information content (AvgIpc) is 2.98. The fourth-order valence-electron chi connectivity index (χ4n) is 7.74. The molecule has 0 spiro atoms. The Hall–Kier alpha value is -1.32. The molecule has 4 rings (SSSR count). The molecule has 2 N–H and O–H groups in total. The zero-order valence-corrected chi connectivity index (χ0v) is 17.5. The number of ether oxygens (including phenoxy) is 1. The second-order valence-corrected chi connectivity index (χ2v) is 10.2. The zero-order valence-electron chi connectivity index (χ0n) is 17.5. The molecule has 0 aliphatic heterocycles. The van der Waals surface area contributed by atoms with Gasteiger partial charge in [-0.1, -0.05) is 25.5 Å². The van der Waals surface area contributed by atoms with E-state index in [1.165, 1.54) is 39.0 Å². The number of hydrazone groups is 1. The van der Waals surface area contributed by atoms with Crippen LogP contribution in [-0.4, -0.2) is 17.8 Å². The third-order valence-corrected chi connectivity index (χ3v) is 9.10. The van der Waals surface area contributed by atoms with Gasteiger partial charge in [-0.15, -0.1) is 0 Å². The Morgan fingerprint density at radius 2 is 1.93 bits per heavy atom. The van der Waals surface area contributed by atoms with E-state index in [0.717, 1.165) is 42.7 Å². The highest BCUT2D eigenvalue weighted by Gasteiger charge is 2.59. The first-order valence-electron chi connectivity index (χ1n) is 10.9. The van der Waals surface area contributed by atoms with E-state index in [9.17, 15) is 4.79 Å². The van der Waals surface area contributed by atoms with Gasteiger partial charge in [0.15, 0.2) is 0 Å². The molecule has 3 unspecified atom stereocenters. The monoisotopic (exact) mass is 372 g/mol. The van der Waals surface area contributed by atoms with E-state index in [1.807, 2.05) is 0 Å². The Bertz CT molecular complexity index is 684. The van der Waals surface area contributed by atoms with Crippen molar-refractivity contribution < 1.29 is 9.53 Å². The van der Waals surface area contributed by atoms with Crippen molar-refractivity contribution in [1.82, 2.24) is 0 Å². The summed E-state index contributed by atoms with van der Waals surface area (Å²) >= 11 is 0. The van der Waals surface area contributed by atoms with Crippen LogP contribution in [0.4, 0.5) is 0 Å². The van der Waals surface area contributed by atoms with Crippen molar-refractivity contribution in [3.63, 3.8) is 0 Å². The molecule has 0 heterocycles. The van der Waals surface area contributed by atoms with E-state index in [0.29, 0.717) is 16.7 Å². The molecule has 0 radical (unpaired) electrons. The van der Waals surface area contributed by atoms with E-state index in [2.05, 4.69) is 31.9 Å².